The van der Waals surface area contributed by atoms with Gasteiger partial charge in [0.05, 0.1) is 10.9 Å². The maximum Gasteiger partial charge on any atom is 0.306 e. The van der Waals surface area contributed by atoms with Crippen molar-refractivity contribution in [3.8, 4) is 0 Å². The molecule has 0 heterocycles. The summed E-state index contributed by atoms with van der Waals surface area (Å²) in [6.45, 7) is 0.117. The monoisotopic (exact) mass is 395 g/mol. The van der Waals surface area contributed by atoms with Crippen LogP contribution in [0.3, 0.4) is 0 Å². The molecule has 116 valence electrons. The third-order valence-electron chi connectivity index (χ3n) is 3.70. The van der Waals surface area contributed by atoms with Crippen LogP contribution >= 0.6 is 27.5 Å². The van der Waals surface area contributed by atoms with Gasteiger partial charge >= 0.3 is 5.97 Å². The summed E-state index contributed by atoms with van der Waals surface area (Å²) in [5.74, 6) is -1.52. The van der Waals surface area contributed by atoms with Crippen molar-refractivity contribution < 1.29 is 18.3 Å². The van der Waals surface area contributed by atoms with Crippen molar-refractivity contribution in [3.63, 3.8) is 0 Å². The molecule has 0 radical (unpaired) electrons. The third kappa shape index (κ3) is 3.97. The van der Waals surface area contributed by atoms with Gasteiger partial charge in [-0.2, -0.15) is 0 Å². The number of benzene rings is 1. The lowest BCUT2D eigenvalue weighted by Crippen LogP contribution is -2.33. The van der Waals surface area contributed by atoms with E-state index >= 15 is 0 Å². The van der Waals surface area contributed by atoms with Gasteiger partial charge in [-0.25, -0.2) is 13.1 Å². The van der Waals surface area contributed by atoms with Crippen LogP contribution < -0.4 is 4.72 Å². The van der Waals surface area contributed by atoms with Gasteiger partial charge in [0.25, 0.3) is 0 Å². The van der Waals surface area contributed by atoms with Crippen molar-refractivity contribution in [1.29, 1.82) is 0 Å². The van der Waals surface area contributed by atoms with Crippen LogP contribution in [0.1, 0.15) is 19.3 Å². The fourth-order valence-corrected chi connectivity index (χ4v) is 4.72. The summed E-state index contributed by atoms with van der Waals surface area (Å²) >= 11 is 9.16. The largest absolute Gasteiger partial charge is 0.481 e. The number of halogens is 2. The summed E-state index contributed by atoms with van der Waals surface area (Å²) in [4.78, 5) is 11.1. The number of sulfonamides is 1. The van der Waals surface area contributed by atoms with Crippen LogP contribution in [0.5, 0.6) is 0 Å². The summed E-state index contributed by atoms with van der Waals surface area (Å²) in [7, 11) is -3.74. The Labute approximate surface area is 136 Å². The molecule has 0 aromatic heterocycles. The molecule has 0 aliphatic heterocycles. The molecule has 0 amide bonds. The van der Waals surface area contributed by atoms with E-state index < -0.39 is 21.9 Å². The highest BCUT2D eigenvalue weighted by atomic mass is 79.9. The maximum absolute atomic E-state index is 12.2. The maximum atomic E-state index is 12.2. The van der Waals surface area contributed by atoms with Gasteiger partial charge in [-0.3, -0.25) is 4.79 Å². The second-order valence-electron chi connectivity index (χ2n) is 5.06. The quantitative estimate of drug-likeness (QED) is 0.801. The van der Waals surface area contributed by atoms with Gasteiger partial charge in [-0.15, -0.1) is 0 Å². The van der Waals surface area contributed by atoms with E-state index in [0.717, 1.165) is 6.42 Å². The fraction of sp³-hybridized carbons (Fsp3) is 0.462. The van der Waals surface area contributed by atoms with Crippen molar-refractivity contribution in [1.82, 2.24) is 4.72 Å². The Balaban J connectivity index is 2.09. The molecule has 1 aliphatic rings. The molecule has 2 rings (SSSR count). The predicted molar refractivity (Wildman–Crippen MR) is 82.8 cm³/mol. The number of hydrogen-bond donors (Lipinski definition) is 2. The highest BCUT2D eigenvalue weighted by Gasteiger charge is 2.33. The molecule has 5 nitrogen and oxygen atoms in total. The van der Waals surface area contributed by atoms with Crippen LogP contribution in [-0.2, 0) is 14.8 Å². The molecule has 1 aliphatic carbocycles. The minimum absolute atomic E-state index is 0.00256. The first-order valence-corrected chi connectivity index (χ1v) is 9.14. The molecule has 1 fully saturated rings. The van der Waals surface area contributed by atoms with Crippen LogP contribution in [0.15, 0.2) is 27.6 Å². The van der Waals surface area contributed by atoms with Gasteiger partial charge in [-0.1, -0.05) is 34.0 Å². The predicted octanol–water partition coefficient (Wildman–Crippen LogP) is 2.88. The molecule has 8 heteroatoms. The number of carbonyl (C=O) groups is 1. The lowest BCUT2D eigenvalue weighted by atomic mass is 9.97. The van der Waals surface area contributed by atoms with E-state index in [1.165, 1.54) is 12.1 Å². The lowest BCUT2D eigenvalue weighted by molar-refractivity contribution is -0.142. The smallest absolute Gasteiger partial charge is 0.306 e. The van der Waals surface area contributed by atoms with E-state index in [1.807, 2.05) is 0 Å². The Morgan fingerprint density at radius 3 is 2.76 bits per heavy atom. The molecule has 0 spiro atoms. The molecule has 1 aromatic carbocycles. The highest BCUT2D eigenvalue weighted by Crippen LogP contribution is 2.32. The average molecular weight is 397 g/mol. The van der Waals surface area contributed by atoms with Gasteiger partial charge in [-0.05, 0) is 37.0 Å². The first kappa shape index (κ1) is 16.7. The zero-order valence-electron chi connectivity index (χ0n) is 11.1. The second-order valence-corrected chi connectivity index (χ2v) is 8.12. The van der Waals surface area contributed by atoms with Gasteiger partial charge in [0.15, 0.2) is 0 Å². The number of aliphatic carboxylic acids is 1. The normalized spacial score (nSPS) is 22.4. The number of carboxylic acids is 1. The van der Waals surface area contributed by atoms with E-state index in [1.54, 1.807) is 6.07 Å². The van der Waals surface area contributed by atoms with Gasteiger partial charge in [0, 0.05) is 11.0 Å². The molecule has 0 bridgehead atoms. The highest BCUT2D eigenvalue weighted by molar-refractivity contribution is 9.10. The van der Waals surface area contributed by atoms with Crippen LogP contribution in [0.25, 0.3) is 0 Å². The summed E-state index contributed by atoms with van der Waals surface area (Å²) < 4.78 is 27.6. The topological polar surface area (TPSA) is 83.5 Å². The van der Waals surface area contributed by atoms with Crippen molar-refractivity contribution in [3.05, 3.63) is 27.7 Å². The number of rotatable bonds is 5. The first-order valence-electron chi connectivity index (χ1n) is 6.49. The lowest BCUT2D eigenvalue weighted by Gasteiger charge is -2.16. The van der Waals surface area contributed by atoms with E-state index in [0.29, 0.717) is 17.3 Å². The minimum atomic E-state index is -3.74. The second kappa shape index (κ2) is 6.64. The van der Waals surface area contributed by atoms with Gasteiger partial charge in [0.1, 0.15) is 4.90 Å². The molecular weight excluding hydrogens is 382 g/mol. The van der Waals surface area contributed by atoms with Crippen LogP contribution in [0.2, 0.25) is 5.02 Å². The molecule has 21 heavy (non-hydrogen) atoms. The summed E-state index contributed by atoms with van der Waals surface area (Å²) in [5, 5.41) is 9.22. The van der Waals surface area contributed by atoms with Gasteiger partial charge < -0.3 is 5.11 Å². The molecule has 2 N–H and O–H groups in total. The van der Waals surface area contributed by atoms with Crippen LogP contribution in [-0.4, -0.2) is 26.0 Å². The van der Waals surface area contributed by atoms with Crippen LogP contribution in [0, 0.1) is 11.8 Å². The minimum Gasteiger partial charge on any atom is -0.481 e. The average Bonchev–Trinajstić information content (AvgIpc) is 2.84. The molecule has 2 unspecified atom stereocenters. The van der Waals surface area contributed by atoms with Crippen molar-refractivity contribution >= 4 is 43.5 Å². The van der Waals surface area contributed by atoms with E-state index in [2.05, 4.69) is 20.7 Å². The summed E-state index contributed by atoms with van der Waals surface area (Å²) in [6, 6.07) is 4.51. The number of nitrogens with one attached hydrogen (secondary N) is 1. The molecule has 0 saturated heterocycles. The summed E-state index contributed by atoms with van der Waals surface area (Å²) in [5.41, 5.74) is 0. The zero-order valence-corrected chi connectivity index (χ0v) is 14.2. The standard InChI is InChI=1S/C13H15BrClNO4S/c14-9-4-5-12(11(15)6-9)21(19,20)16-7-8-2-1-3-10(8)13(17)18/h4-6,8,10,16H,1-3,7H2,(H,17,18). The Morgan fingerprint density at radius 1 is 1.43 bits per heavy atom. The Hall–Kier alpha value is -0.630. The number of hydrogen-bond acceptors (Lipinski definition) is 3. The fourth-order valence-electron chi connectivity index (χ4n) is 2.59. The first-order chi connectivity index (χ1) is 9.81. The van der Waals surface area contributed by atoms with Crippen LogP contribution in [0.4, 0.5) is 0 Å². The van der Waals surface area contributed by atoms with Crippen molar-refractivity contribution in [2.24, 2.45) is 11.8 Å². The zero-order chi connectivity index (χ0) is 15.6. The SMILES string of the molecule is O=C(O)C1CCCC1CNS(=O)(=O)c1ccc(Br)cc1Cl. The molecule has 2 atom stereocenters. The molecule has 1 saturated carbocycles. The Kier molecular flexibility index (Phi) is 5.29. The summed E-state index contributed by atoms with van der Waals surface area (Å²) in [6.07, 6.45) is 2.12. The van der Waals surface area contributed by atoms with Gasteiger partial charge in [0.2, 0.25) is 10.0 Å². The van der Waals surface area contributed by atoms with E-state index in [9.17, 15) is 13.2 Å². The third-order valence-corrected chi connectivity index (χ3v) is 6.10. The van der Waals surface area contributed by atoms with Crippen molar-refractivity contribution in [2.75, 3.05) is 6.54 Å². The molecule has 1 aromatic rings. The Morgan fingerprint density at radius 2 is 2.14 bits per heavy atom. The number of carboxylic acid groups (broad SMARTS) is 1. The van der Waals surface area contributed by atoms with Crippen molar-refractivity contribution in [2.45, 2.75) is 24.2 Å². The van der Waals surface area contributed by atoms with E-state index in [4.69, 9.17) is 16.7 Å². The van der Waals surface area contributed by atoms with E-state index in [-0.39, 0.29) is 22.4 Å². The molecular formula is C13H15BrClNO4S. The Bertz CT molecular complexity index is 650.